The summed E-state index contributed by atoms with van der Waals surface area (Å²) in [5.74, 6) is 0. The fourth-order valence-corrected chi connectivity index (χ4v) is 2.97. The van der Waals surface area contributed by atoms with Crippen LogP contribution in [0, 0.1) is 6.92 Å². The predicted molar refractivity (Wildman–Crippen MR) is 88.9 cm³/mol. The monoisotopic (exact) mass is 304 g/mol. The Bertz CT molecular complexity index is 513. The Balaban J connectivity index is 1.88. The van der Waals surface area contributed by atoms with E-state index >= 15 is 0 Å². The molecule has 1 aromatic heterocycles. The quantitative estimate of drug-likeness (QED) is 0.716. The Morgan fingerprint density at radius 2 is 2.10 bits per heavy atom. The lowest BCUT2D eigenvalue weighted by Gasteiger charge is -2.19. The summed E-state index contributed by atoms with van der Waals surface area (Å²) in [7, 11) is 0. The minimum absolute atomic E-state index is 0.117. The van der Waals surface area contributed by atoms with Gasteiger partial charge >= 0.3 is 0 Å². The molecular formula is C17H24N2OS. The van der Waals surface area contributed by atoms with E-state index in [1.54, 1.807) is 11.3 Å². The lowest BCUT2D eigenvalue weighted by atomic mass is 10.1. The third-order valence-corrected chi connectivity index (χ3v) is 4.42. The summed E-state index contributed by atoms with van der Waals surface area (Å²) in [5, 5.41) is 3.45. The molecule has 0 saturated heterocycles. The Labute approximate surface area is 131 Å². The van der Waals surface area contributed by atoms with Gasteiger partial charge in [-0.05, 0) is 25.5 Å². The Morgan fingerprint density at radius 1 is 1.29 bits per heavy atom. The SMILES string of the molecule is CCCNCC(OCCc1scnc1C)c1ccccc1. The van der Waals surface area contributed by atoms with Gasteiger partial charge in [-0.25, -0.2) is 4.98 Å². The van der Waals surface area contributed by atoms with Gasteiger partial charge in [0.25, 0.3) is 0 Å². The van der Waals surface area contributed by atoms with Crippen molar-refractivity contribution >= 4 is 11.3 Å². The first kappa shape index (κ1) is 16.1. The fraction of sp³-hybridized carbons (Fsp3) is 0.471. The minimum atomic E-state index is 0.117. The molecule has 2 aromatic rings. The van der Waals surface area contributed by atoms with E-state index in [-0.39, 0.29) is 6.10 Å². The van der Waals surface area contributed by atoms with Gasteiger partial charge < -0.3 is 10.1 Å². The van der Waals surface area contributed by atoms with E-state index in [9.17, 15) is 0 Å². The summed E-state index contributed by atoms with van der Waals surface area (Å²) in [5.41, 5.74) is 4.27. The smallest absolute Gasteiger partial charge is 0.0949 e. The van der Waals surface area contributed by atoms with Crippen LogP contribution in [0.5, 0.6) is 0 Å². The van der Waals surface area contributed by atoms with Crippen LogP contribution in [0.2, 0.25) is 0 Å². The second-order valence-corrected chi connectivity index (χ2v) is 6.02. The number of aryl methyl sites for hydroxylation is 1. The van der Waals surface area contributed by atoms with E-state index in [0.29, 0.717) is 0 Å². The van der Waals surface area contributed by atoms with Crippen LogP contribution in [0.25, 0.3) is 0 Å². The van der Waals surface area contributed by atoms with E-state index in [0.717, 1.165) is 38.2 Å². The third-order valence-electron chi connectivity index (χ3n) is 3.42. The topological polar surface area (TPSA) is 34.1 Å². The highest BCUT2D eigenvalue weighted by Gasteiger charge is 2.12. The predicted octanol–water partition coefficient (Wildman–Crippen LogP) is 3.75. The first-order valence-electron chi connectivity index (χ1n) is 7.57. The second-order valence-electron chi connectivity index (χ2n) is 5.09. The molecule has 0 aliphatic rings. The lowest BCUT2D eigenvalue weighted by molar-refractivity contribution is 0.0551. The number of ether oxygens (including phenoxy) is 1. The number of benzene rings is 1. The van der Waals surface area contributed by atoms with Gasteiger partial charge in [0, 0.05) is 17.8 Å². The maximum absolute atomic E-state index is 6.12. The fourth-order valence-electron chi connectivity index (χ4n) is 2.21. The molecule has 1 N–H and O–H groups in total. The molecule has 0 fully saturated rings. The molecule has 0 aliphatic heterocycles. The summed E-state index contributed by atoms with van der Waals surface area (Å²) in [4.78, 5) is 5.61. The average Bonchev–Trinajstić information content (AvgIpc) is 2.92. The highest BCUT2D eigenvalue weighted by Crippen LogP contribution is 2.18. The van der Waals surface area contributed by atoms with Crippen LogP contribution < -0.4 is 5.32 Å². The highest BCUT2D eigenvalue weighted by molar-refractivity contribution is 7.09. The number of hydrogen-bond acceptors (Lipinski definition) is 4. The summed E-state index contributed by atoms with van der Waals surface area (Å²) < 4.78 is 6.12. The summed E-state index contributed by atoms with van der Waals surface area (Å²) in [6.07, 6.45) is 2.20. The van der Waals surface area contributed by atoms with Crippen molar-refractivity contribution in [3.63, 3.8) is 0 Å². The van der Waals surface area contributed by atoms with Crippen molar-refractivity contribution in [2.45, 2.75) is 32.8 Å². The Kier molecular flexibility index (Phi) is 6.86. The summed E-state index contributed by atoms with van der Waals surface area (Å²) >= 11 is 1.71. The first-order valence-corrected chi connectivity index (χ1v) is 8.45. The lowest BCUT2D eigenvalue weighted by Crippen LogP contribution is -2.24. The van der Waals surface area contributed by atoms with E-state index in [4.69, 9.17) is 4.74 Å². The number of hydrogen-bond donors (Lipinski definition) is 1. The molecule has 0 bridgehead atoms. The van der Waals surface area contributed by atoms with Gasteiger partial charge in [0.15, 0.2) is 0 Å². The maximum Gasteiger partial charge on any atom is 0.0949 e. The Morgan fingerprint density at radius 3 is 2.76 bits per heavy atom. The molecule has 114 valence electrons. The molecule has 0 amide bonds. The van der Waals surface area contributed by atoms with Gasteiger partial charge in [0.1, 0.15) is 0 Å². The zero-order valence-corrected chi connectivity index (χ0v) is 13.7. The van der Waals surface area contributed by atoms with Gasteiger partial charge in [0.2, 0.25) is 0 Å². The maximum atomic E-state index is 6.12. The normalized spacial score (nSPS) is 12.5. The molecule has 0 saturated carbocycles. The van der Waals surface area contributed by atoms with Crippen LogP contribution >= 0.6 is 11.3 Å². The van der Waals surface area contributed by atoms with Crippen molar-refractivity contribution in [1.29, 1.82) is 0 Å². The molecule has 2 rings (SSSR count). The molecule has 1 aromatic carbocycles. The van der Waals surface area contributed by atoms with Crippen LogP contribution in [-0.2, 0) is 11.2 Å². The van der Waals surface area contributed by atoms with Crippen LogP contribution in [0.3, 0.4) is 0 Å². The first-order chi connectivity index (χ1) is 10.3. The van der Waals surface area contributed by atoms with Crippen molar-refractivity contribution < 1.29 is 4.74 Å². The molecule has 0 aliphatic carbocycles. The van der Waals surface area contributed by atoms with Crippen molar-refractivity contribution in [2.24, 2.45) is 0 Å². The van der Waals surface area contributed by atoms with Crippen LogP contribution in [0.4, 0.5) is 0 Å². The van der Waals surface area contributed by atoms with Crippen molar-refractivity contribution in [3.05, 3.63) is 52.0 Å². The van der Waals surface area contributed by atoms with E-state index in [2.05, 4.69) is 48.4 Å². The van der Waals surface area contributed by atoms with Gasteiger partial charge in [-0.3, -0.25) is 0 Å². The van der Waals surface area contributed by atoms with E-state index in [1.165, 1.54) is 10.4 Å². The largest absolute Gasteiger partial charge is 0.372 e. The van der Waals surface area contributed by atoms with Crippen molar-refractivity contribution in [3.8, 4) is 0 Å². The summed E-state index contributed by atoms with van der Waals surface area (Å²) in [6.45, 7) is 6.86. The van der Waals surface area contributed by atoms with Gasteiger partial charge in [-0.15, -0.1) is 11.3 Å². The van der Waals surface area contributed by atoms with Crippen molar-refractivity contribution in [1.82, 2.24) is 10.3 Å². The third kappa shape index (κ3) is 5.23. The van der Waals surface area contributed by atoms with Gasteiger partial charge in [0.05, 0.1) is 23.9 Å². The molecule has 1 atom stereocenters. The number of aromatic nitrogens is 1. The molecular weight excluding hydrogens is 280 g/mol. The molecule has 1 heterocycles. The van der Waals surface area contributed by atoms with E-state index in [1.807, 2.05) is 11.6 Å². The number of nitrogens with zero attached hydrogens (tertiary/aromatic N) is 1. The minimum Gasteiger partial charge on any atom is -0.372 e. The van der Waals surface area contributed by atoms with Crippen LogP contribution in [-0.4, -0.2) is 24.7 Å². The molecule has 1 unspecified atom stereocenters. The van der Waals surface area contributed by atoms with Crippen molar-refractivity contribution in [2.75, 3.05) is 19.7 Å². The number of nitrogens with one attached hydrogen (secondary N) is 1. The molecule has 0 spiro atoms. The molecule has 4 heteroatoms. The van der Waals surface area contributed by atoms with Gasteiger partial charge in [-0.1, -0.05) is 37.3 Å². The molecule has 21 heavy (non-hydrogen) atoms. The van der Waals surface area contributed by atoms with Crippen LogP contribution in [0.1, 0.15) is 35.6 Å². The van der Waals surface area contributed by atoms with Gasteiger partial charge in [-0.2, -0.15) is 0 Å². The highest BCUT2D eigenvalue weighted by atomic mass is 32.1. The molecule has 0 radical (unpaired) electrons. The Hall–Kier alpha value is -1.23. The van der Waals surface area contributed by atoms with E-state index < -0.39 is 0 Å². The second kappa shape index (κ2) is 8.93. The molecule has 3 nitrogen and oxygen atoms in total. The van der Waals surface area contributed by atoms with Crippen LogP contribution in [0.15, 0.2) is 35.8 Å². The zero-order valence-electron chi connectivity index (χ0n) is 12.8. The summed E-state index contributed by atoms with van der Waals surface area (Å²) in [6, 6.07) is 10.4. The number of thiazole rings is 1. The standard InChI is InChI=1S/C17H24N2OS/c1-3-10-18-12-16(15-7-5-4-6-8-15)20-11-9-17-14(2)19-13-21-17/h4-8,13,16,18H,3,9-12H2,1-2H3. The zero-order chi connectivity index (χ0) is 14.9. The average molecular weight is 304 g/mol. The number of rotatable bonds is 9.